The van der Waals surface area contributed by atoms with Crippen LogP contribution in [0.1, 0.15) is 31.2 Å². The van der Waals surface area contributed by atoms with Gasteiger partial charge in [0.15, 0.2) is 5.82 Å². The predicted molar refractivity (Wildman–Crippen MR) is 139 cm³/mol. The van der Waals surface area contributed by atoms with Crippen LogP contribution in [0.15, 0.2) is 24.4 Å². The number of benzene rings is 2. The molecule has 3 heterocycles. The molecule has 0 atom stereocenters. The maximum atomic E-state index is 16.4. The molecule has 2 aromatic heterocycles. The van der Waals surface area contributed by atoms with Gasteiger partial charge in [0.2, 0.25) is 0 Å². The standard InChI is InChI=1S/C26H30ClFN6O/c1-16-8-9-20-18(15-29-32-20)21(16)22-19(27)14-17-24(23(22)28)30-26(35-13-7-10-33(2)3)31-25(17)34-11-5-4-6-12-34/h8-9,14-15H,4-7,10-13H2,1-3H3,(H,29,32). The van der Waals surface area contributed by atoms with Crippen LogP contribution in [0.25, 0.3) is 32.9 Å². The Balaban J connectivity index is 1.67. The minimum atomic E-state index is -0.469. The van der Waals surface area contributed by atoms with Crippen molar-refractivity contribution in [3.05, 3.63) is 40.8 Å². The van der Waals surface area contributed by atoms with Crippen molar-refractivity contribution in [2.24, 2.45) is 0 Å². The van der Waals surface area contributed by atoms with Crippen molar-refractivity contribution in [1.29, 1.82) is 0 Å². The number of nitrogens with one attached hydrogen (secondary N) is 1. The van der Waals surface area contributed by atoms with E-state index in [0.717, 1.165) is 55.4 Å². The van der Waals surface area contributed by atoms with Crippen molar-refractivity contribution in [2.75, 3.05) is 45.2 Å². The molecule has 1 aliphatic rings. The number of fused-ring (bicyclic) bond motifs is 2. The fourth-order valence-electron chi connectivity index (χ4n) is 4.80. The number of nitrogens with zero attached hydrogens (tertiary/aromatic N) is 5. The molecular weight excluding hydrogens is 467 g/mol. The van der Waals surface area contributed by atoms with Gasteiger partial charge in [-0.1, -0.05) is 17.7 Å². The zero-order valence-corrected chi connectivity index (χ0v) is 21.1. The van der Waals surface area contributed by atoms with Crippen LogP contribution in [-0.2, 0) is 0 Å². The molecule has 1 aliphatic heterocycles. The summed E-state index contributed by atoms with van der Waals surface area (Å²) in [6, 6.07) is 5.87. The van der Waals surface area contributed by atoms with E-state index in [1.807, 2.05) is 33.2 Å². The first-order valence-corrected chi connectivity index (χ1v) is 12.5. The largest absolute Gasteiger partial charge is 0.463 e. The Bertz CT molecular complexity index is 1370. The summed E-state index contributed by atoms with van der Waals surface area (Å²) in [6.45, 7) is 5.01. The quantitative estimate of drug-likeness (QED) is 0.336. The van der Waals surface area contributed by atoms with Gasteiger partial charge in [0.25, 0.3) is 0 Å². The molecule has 0 radical (unpaired) electrons. The maximum Gasteiger partial charge on any atom is 0.319 e. The van der Waals surface area contributed by atoms with Crippen molar-refractivity contribution >= 4 is 39.2 Å². The number of hydrogen-bond donors (Lipinski definition) is 1. The van der Waals surface area contributed by atoms with Crippen molar-refractivity contribution in [1.82, 2.24) is 25.1 Å². The van der Waals surface area contributed by atoms with E-state index in [4.69, 9.17) is 21.3 Å². The summed E-state index contributed by atoms with van der Waals surface area (Å²) in [5, 5.41) is 8.86. The predicted octanol–water partition coefficient (Wildman–Crippen LogP) is 5.59. The average molecular weight is 497 g/mol. The summed E-state index contributed by atoms with van der Waals surface area (Å²) in [4.78, 5) is 13.6. The van der Waals surface area contributed by atoms with E-state index in [1.165, 1.54) is 6.42 Å². The van der Waals surface area contributed by atoms with Gasteiger partial charge in [-0.15, -0.1) is 0 Å². The Morgan fingerprint density at radius 3 is 2.69 bits per heavy atom. The number of halogens is 2. The molecule has 184 valence electrons. The van der Waals surface area contributed by atoms with Gasteiger partial charge < -0.3 is 14.5 Å². The van der Waals surface area contributed by atoms with Crippen molar-refractivity contribution in [2.45, 2.75) is 32.6 Å². The van der Waals surface area contributed by atoms with Crippen LogP contribution < -0.4 is 9.64 Å². The van der Waals surface area contributed by atoms with Gasteiger partial charge in [-0.3, -0.25) is 5.10 Å². The third-order valence-corrected chi connectivity index (χ3v) is 6.86. The van der Waals surface area contributed by atoms with Crippen molar-refractivity contribution in [3.8, 4) is 17.1 Å². The van der Waals surface area contributed by atoms with Crippen LogP contribution in [0.4, 0.5) is 10.2 Å². The van der Waals surface area contributed by atoms with Crippen molar-refractivity contribution in [3.63, 3.8) is 0 Å². The first-order valence-electron chi connectivity index (χ1n) is 12.1. The molecule has 4 aromatic rings. The number of aromatic nitrogens is 4. The molecule has 0 bridgehead atoms. The van der Waals surface area contributed by atoms with Gasteiger partial charge in [0, 0.05) is 41.5 Å². The SMILES string of the molecule is Cc1ccc2[nH]ncc2c1-c1c(Cl)cc2c(N3CCCCC3)nc(OCCCN(C)C)nc2c1F. The second kappa shape index (κ2) is 9.95. The topological polar surface area (TPSA) is 70.2 Å². The van der Waals surface area contributed by atoms with Gasteiger partial charge in [-0.05, 0) is 64.4 Å². The van der Waals surface area contributed by atoms with E-state index in [1.54, 1.807) is 12.3 Å². The Labute approximate surface area is 209 Å². The molecule has 9 heteroatoms. The van der Waals surface area contributed by atoms with Gasteiger partial charge >= 0.3 is 6.01 Å². The minimum absolute atomic E-state index is 0.197. The fourth-order valence-corrected chi connectivity index (χ4v) is 5.09. The highest BCUT2D eigenvalue weighted by Gasteiger charge is 2.25. The summed E-state index contributed by atoms with van der Waals surface area (Å²) in [5.41, 5.74) is 2.99. The molecule has 7 nitrogen and oxygen atoms in total. The Morgan fingerprint density at radius 1 is 1.11 bits per heavy atom. The van der Waals surface area contributed by atoms with E-state index in [2.05, 4.69) is 25.0 Å². The third-order valence-electron chi connectivity index (χ3n) is 6.56. The number of H-pyrrole nitrogens is 1. The number of anilines is 1. The molecule has 0 saturated carbocycles. The molecule has 2 aromatic carbocycles. The highest BCUT2D eigenvalue weighted by Crippen LogP contribution is 2.42. The van der Waals surface area contributed by atoms with Gasteiger partial charge in [0.05, 0.1) is 23.3 Å². The van der Waals surface area contributed by atoms with Crippen LogP contribution in [0.5, 0.6) is 6.01 Å². The van der Waals surface area contributed by atoms with Crippen molar-refractivity contribution < 1.29 is 9.13 Å². The van der Waals surface area contributed by atoms with E-state index >= 15 is 4.39 Å². The van der Waals surface area contributed by atoms with Crippen LogP contribution in [-0.4, -0.2) is 65.4 Å². The number of ether oxygens (including phenoxy) is 1. The number of aromatic amines is 1. The molecule has 0 amide bonds. The molecule has 0 aliphatic carbocycles. The lowest BCUT2D eigenvalue weighted by atomic mass is 9.95. The molecule has 0 unspecified atom stereocenters. The Hall–Kier alpha value is -2.97. The van der Waals surface area contributed by atoms with Gasteiger partial charge in [-0.25, -0.2) is 4.39 Å². The van der Waals surface area contributed by atoms with E-state index in [9.17, 15) is 0 Å². The monoisotopic (exact) mass is 496 g/mol. The maximum absolute atomic E-state index is 16.4. The summed E-state index contributed by atoms with van der Waals surface area (Å²) in [7, 11) is 4.04. The normalized spacial score (nSPS) is 14.4. The lowest BCUT2D eigenvalue weighted by molar-refractivity contribution is 0.264. The summed E-state index contributed by atoms with van der Waals surface area (Å²) in [6.07, 6.45) is 5.85. The molecule has 1 saturated heterocycles. The van der Waals surface area contributed by atoms with E-state index < -0.39 is 5.82 Å². The lowest BCUT2D eigenvalue weighted by Gasteiger charge is -2.29. The van der Waals surface area contributed by atoms with Gasteiger partial charge in [-0.2, -0.15) is 15.1 Å². The zero-order valence-electron chi connectivity index (χ0n) is 20.4. The van der Waals surface area contributed by atoms with Crippen LogP contribution in [0.2, 0.25) is 5.02 Å². The molecule has 1 N–H and O–H groups in total. The first-order chi connectivity index (χ1) is 16.9. The lowest BCUT2D eigenvalue weighted by Crippen LogP contribution is -2.30. The zero-order chi connectivity index (χ0) is 24.5. The highest BCUT2D eigenvalue weighted by atomic mass is 35.5. The van der Waals surface area contributed by atoms with Crippen LogP contribution in [0.3, 0.4) is 0 Å². The molecule has 0 spiro atoms. The van der Waals surface area contributed by atoms with Crippen LogP contribution >= 0.6 is 11.6 Å². The highest BCUT2D eigenvalue weighted by molar-refractivity contribution is 6.35. The van der Waals surface area contributed by atoms with E-state index in [0.29, 0.717) is 34.0 Å². The minimum Gasteiger partial charge on any atom is -0.463 e. The molecular formula is C26H30ClFN6O. The summed E-state index contributed by atoms with van der Waals surface area (Å²) >= 11 is 6.78. The number of rotatable bonds is 7. The van der Waals surface area contributed by atoms with Gasteiger partial charge in [0.1, 0.15) is 11.3 Å². The smallest absolute Gasteiger partial charge is 0.319 e. The average Bonchev–Trinajstić information content (AvgIpc) is 3.32. The fraction of sp³-hybridized carbons (Fsp3) is 0.423. The second-order valence-corrected chi connectivity index (χ2v) is 9.82. The first kappa shape index (κ1) is 23.8. The number of hydrogen-bond acceptors (Lipinski definition) is 6. The summed E-state index contributed by atoms with van der Waals surface area (Å²) in [5.74, 6) is 0.214. The number of piperidine rings is 1. The van der Waals surface area contributed by atoms with E-state index in [-0.39, 0.29) is 11.5 Å². The summed E-state index contributed by atoms with van der Waals surface area (Å²) < 4.78 is 22.3. The molecule has 35 heavy (non-hydrogen) atoms. The third kappa shape index (κ3) is 4.65. The Kier molecular flexibility index (Phi) is 6.75. The Morgan fingerprint density at radius 2 is 1.91 bits per heavy atom. The number of aryl methyl sites for hydroxylation is 1. The second-order valence-electron chi connectivity index (χ2n) is 9.42. The van der Waals surface area contributed by atoms with Crippen LogP contribution in [0, 0.1) is 12.7 Å². The molecule has 1 fully saturated rings. The molecule has 5 rings (SSSR count).